The van der Waals surface area contributed by atoms with Crippen molar-refractivity contribution < 1.29 is 18.1 Å². The molecule has 0 saturated carbocycles. The molecule has 0 aliphatic rings. The summed E-state index contributed by atoms with van der Waals surface area (Å²) in [6.45, 7) is 10.2. The van der Waals surface area contributed by atoms with Crippen molar-refractivity contribution in [2.45, 2.75) is 56.0 Å². The Balaban J connectivity index is 3.01. The highest BCUT2D eigenvalue weighted by Gasteiger charge is 2.35. The second kappa shape index (κ2) is 8.36. The standard InChI is InChI=1S/C16H28O4SSi/c1-12-8-10-14(11-9-12)21(17)13(2)15(16(18-3)19-4)20-22(5,6)7/h8-11,13,15-16H,1-7H3/t13-,15+,21?/m1/s1. The lowest BCUT2D eigenvalue weighted by Gasteiger charge is -2.34. The van der Waals surface area contributed by atoms with Crippen molar-refractivity contribution in [3.8, 4) is 0 Å². The molecule has 0 fully saturated rings. The molecule has 0 aliphatic heterocycles. The average Bonchev–Trinajstić information content (AvgIpc) is 2.45. The zero-order valence-corrected chi connectivity index (χ0v) is 16.4. The van der Waals surface area contributed by atoms with Gasteiger partial charge >= 0.3 is 0 Å². The molecule has 0 bridgehead atoms. The van der Waals surface area contributed by atoms with Crippen molar-refractivity contribution in [3.05, 3.63) is 29.8 Å². The highest BCUT2D eigenvalue weighted by atomic mass is 32.2. The van der Waals surface area contributed by atoms with Crippen LogP contribution in [0.3, 0.4) is 0 Å². The van der Waals surface area contributed by atoms with Gasteiger partial charge in [-0.25, -0.2) is 0 Å². The maximum absolute atomic E-state index is 12.9. The van der Waals surface area contributed by atoms with Gasteiger partial charge in [0.25, 0.3) is 0 Å². The second-order valence-corrected chi connectivity index (χ2v) is 12.6. The maximum Gasteiger partial charge on any atom is 0.184 e. The number of hydrogen-bond donors (Lipinski definition) is 0. The van der Waals surface area contributed by atoms with Crippen LogP contribution in [0.1, 0.15) is 12.5 Å². The molecule has 0 radical (unpaired) electrons. The van der Waals surface area contributed by atoms with E-state index in [0.29, 0.717) is 0 Å². The average molecular weight is 345 g/mol. The zero-order chi connectivity index (χ0) is 16.9. The minimum atomic E-state index is -1.83. The molecular weight excluding hydrogens is 316 g/mol. The topological polar surface area (TPSA) is 44.8 Å². The first kappa shape index (κ1) is 19.5. The van der Waals surface area contributed by atoms with Crippen molar-refractivity contribution in [1.29, 1.82) is 0 Å². The number of hydrogen-bond acceptors (Lipinski definition) is 4. The van der Waals surface area contributed by atoms with Crippen LogP contribution in [0.15, 0.2) is 29.2 Å². The van der Waals surface area contributed by atoms with Gasteiger partial charge in [0.1, 0.15) is 6.10 Å². The fourth-order valence-corrected chi connectivity index (χ4v) is 4.65. The fraction of sp³-hybridized carbons (Fsp3) is 0.625. The highest BCUT2D eigenvalue weighted by molar-refractivity contribution is 7.85. The molecule has 0 aliphatic carbocycles. The third-order valence-electron chi connectivity index (χ3n) is 3.28. The smallest absolute Gasteiger partial charge is 0.184 e. The first-order valence-corrected chi connectivity index (χ1v) is 12.0. The Kier molecular flexibility index (Phi) is 7.41. The summed E-state index contributed by atoms with van der Waals surface area (Å²) in [6.07, 6.45) is -0.903. The first-order valence-electron chi connectivity index (χ1n) is 7.40. The minimum absolute atomic E-state index is 0.237. The first-order chi connectivity index (χ1) is 10.2. The van der Waals surface area contributed by atoms with Gasteiger partial charge in [0, 0.05) is 19.1 Å². The summed E-state index contributed by atoms with van der Waals surface area (Å²) in [6, 6.07) is 7.75. The van der Waals surface area contributed by atoms with E-state index in [1.54, 1.807) is 14.2 Å². The third-order valence-corrected chi connectivity index (χ3v) is 5.94. The van der Waals surface area contributed by atoms with E-state index in [1.165, 1.54) is 0 Å². The Labute approximate surface area is 137 Å². The van der Waals surface area contributed by atoms with Crippen molar-refractivity contribution in [3.63, 3.8) is 0 Å². The van der Waals surface area contributed by atoms with E-state index < -0.39 is 25.4 Å². The molecule has 0 N–H and O–H groups in total. The number of methoxy groups -OCH3 is 2. The van der Waals surface area contributed by atoms with E-state index in [1.807, 2.05) is 38.1 Å². The van der Waals surface area contributed by atoms with Crippen LogP contribution >= 0.6 is 0 Å². The summed E-state index contributed by atoms with van der Waals surface area (Å²) >= 11 is 0. The van der Waals surface area contributed by atoms with E-state index >= 15 is 0 Å². The van der Waals surface area contributed by atoms with Crippen LogP contribution in [0.2, 0.25) is 19.6 Å². The molecule has 0 spiro atoms. The summed E-state index contributed by atoms with van der Waals surface area (Å²) in [5.74, 6) is 0. The van der Waals surface area contributed by atoms with Crippen LogP contribution in [0, 0.1) is 6.92 Å². The predicted octanol–water partition coefficient (Wildman–Crippen LogP) is 3.33. The molecule has 1 rings (SSSR count). The van der Waals surface area contributed by atoms with Crippen LogP contribution in [0.25, 0.3) is 0 Å². The zero-order valence-electron chi connectivity index (χ0n) is 14.6. The minimum Gasteiger partial charge on any atom is -0.408 e. The summed E-state index contributed by atoms with van der Waals surface area (Å²) < 4.78 is 29.8. The summed E-state index contributed by atoms with van der Waals surface area (Å²) in [5, 5.41) is -0.237. The SMILES string of the molecule is COC(OC)[C@@H](O[Si](C)(C)C)[C@@H](C)S(=O)c1ccc(C)cc1. The number of ether oxygens (including phenoxy) is 2. The normalized spacial score (nSPS) is 16.5. The molecule has 3 atom stereocenters. The summed E-state index contributed by atoms with van der Waals surface area (Å²) in [5.41, 5.74) is 1.15. The monoisotopic (exact) mass is 344 g/mol. The van der Waals surface area contributed by atoms with Crippen LogP contribution in [0.4, 0.5) is 0 Å². The third kappa shape index (κ3) is 5.59. The molecule has 0 saturated heterocycles. The largest absolute Gasteiger partial charge is 0.408 e. The van der Waals surface area contributed by atoms with Gasteiger partial charge in [-0.2, -0.15) is 0 Å². The van der Waals surface area contributed by atoms with E-state index in [2.05, 4.69) is 19.6 Å². The van der Waals surface area contributed by atoms with Crippen molar-refractivity contribution in [2.24, 2.45) is 0 Å². The van der Waals surface area contributed by atoms with Gasteiger partial charge in [-0.1, -0.05) is 17.7 Å². The fourth-order valence-electron chi connectivity index (χ4n) is 2.15. The van der Waals surface area contributed by atoms with Gasteiger partial charge in [-0.15, -0.1) is 0 Å². The lowest BCUT2D eigenvalue weighted by molar-refractivity contribution is -0.157. The molecule has 0 aromatic heterocycles. The molecule has 1 aromatic carbocycles. The van der Waals surface area contributed by atoms with E-state index in [9.17, 15) is 4.21 Å². The van der Waals surface area contributed by atoms with Crippen LogP contribution in [-0.4, -0.2) is 44.4 Å². The Morgan fingerprint density at radius 1 is 1.05 bits per heavy atom. The molecule has 1 unspecified atom stereocenters. The Morgan fingerprint density at radius 2 is 1.55 bits per heavy atom. The van der Waals surface area contributed by atoms with Gasteiger partial charge in [0.05, 0.1) is 16.0 Å². The quantitative estimate of drug-likeness (QED) is 0.536. The molecule has 1 aromatic rings. The van der Waals surface area contributed by atoms with E-state index in [-0.39, 0.29) is 11.4 Å². The Morgan fingerprint density at radius 3 is 1.95 bits per heavy atom. The van der Waals surface area contributed by atoms with Crippen molar-refractivity contribution >= 4 is 19.1 Å². The van der Waals surface area contributed by atoms with E-state index in [0.717, 1.165) is 10.5 Å². The molecular formula is C16H28O4SSi. The van der Waals surface area contributed by atoms with Gasteiger partial charge < -0.3 is 13.9 Å². The lowest BCUT2D eigenvalue weighted by atomic mass is 10.2. The lowest BCUT2D eigenvalue weighted by Crippen LogP contribution is -2.48. The molecule has 0 heterocycles. The van der Waals surface area contributed by atoms with E-state index in [4.69, 9.17) is 13.9 Å². The molecule has 6 heteroatoms. The molecule has 22 heavy (non-hydrogen) atoms. The van der Waals surface area contributed by atoms with Gasteiger partial charge in [0.2, 0.25) is 0 Å². The molecule has 126 valence electrons. The van der Waals surface area contributed by atoms with Gasteiger partial charge in [-0.05, 0) is 45.6 Å². The molecule has 4 nitrogen and oxygen atoms in total. The number of aryl methyl sites for hydroxylation is 1. The Hall–Kier alpha value is -0.533. The highest BCUT2D eigenvalue weighted by Crippen LogP contribution is 2.23. The van der Waals surface area contributed by atoms with Crippen molar-refractivity contribution in [1.82, 2.24) is 0 Å². The predicted molar refractivity (Wildman–Crippen MR) is 93.1 cm³/mol. The second-order valence-electron chi connectivity index (χ2n) is 6.35. The molecule has 0 amide bonds. The number of benzene rings is 1. The van der Waals surface area contributed by atoms with Crippen LogP contribution in [0.5, 0.6) is 0 Å². The maximum atomic E-state index is 12.9. The van der Waals surface area contributed by atoms with Gasteiger partial charge in [-0.3, -0.25) is 4.21 Å². The Bertz CT molecular complexity index is 480. The van der Waals surface area contributed by atoms with Crippen LogP contribution < -0.4 is 0 Å². The summed E-state index contributed by atoms with van der Waals surface area (Å²) in [7, 11) is 0.143. The number of rotatable bonds is 8. The van der Waals surface area contributed by atoms with Crippen molar-refractivity contribution in [2.75, 3.05) is 14.2 Å². The van der Waals surface area contributed by atoms with Gasteiger partial charge in [0.15, 0.2) is 14.6 Å². The van der Waals surface area contributed by atoms with Crippen LogP contribution in [-0.2, 0) is 24.7 Å². The summed E-state index contributed by atoms with van der Waals surface area (Å²) in [4.78, 5) is 0.799.